The van der Waals surface area contributed by atoms with E-state index in [1.807, 2.05) is 13.8 Å². The van der Waals surface area contributed by atoms with Crippen LogP contribution in [0.4, 0.5) is 16.2 Å². The van der Waals surface area contributed by atoms with Gasteiger partial charge in [0.1, 0.15) is 0 Å². The molecule has 116 valence electrons. The van der Waals surface area contributed by atoms with Gasteiger partial charge in [-0.2, -0.15) is 5.10 Å². The van der Waals surface area contributed by atoms with Crippen LogP contribution >= 0.6 is 0 Å². The van der Waals surface area contributed by atoms with Crippen LogP contribution in [0.5, 0.6) is 0 Å². The SMILES string of the molecule is CCOC(=O)Nc1ccc(C(=O)Nc2c(C)n[nH]c2C)cc1. The van der Waals surface area contributed by atoms with Crippen molar-refractivity contribution in [1.29, 1.82) is 0 Å². The van der Waals surface area contributed by atoms with Crippen molar-refractivity contribution >= 4 is 23.4 Å². The van der Waals surface area contributed by atoms with Gasteiger partial charge in [-0.05, 0) is 45.0 Å². The minimum Gasteiger partial charge on any atom is -0.450 e. The van der Waals surface area contributed by atoms with Gasteiger partial charge in [-0.15, -0.1) is 0 Å². The maximum Gasteiger partial charge on any atom is 0.411 e. The molecule has 2 amide bonds. The summed E-state index contributed by atoms with van der Waals surface area (Å²) in [6.07, 6.45) is -0.524. The summed E-state index contributed by atoms with van der Waals surface area (Å²) in [5.74, 6) is -0.240. The Kier molecular flexibility index (Phi) is 4.77. The van der Waals surface area contributed by atoms with Crippen LogP contribution in [-0.2, 0) is 4.74 Å². The van der Waals surface area contributed by atoms with Crippen molar-refractivity contribution in [2.75, 3.05) is 17.2 Å². The van der Waals surface area contributed by atoms with Crippen molar-refractivity contribution < 1.29 is 14.3 Å². The number of H-pyrrole nitrogens is 1. The van der Waals surface area contributed by atoms with Crippen molar-refractivity contribution in [3.8, 4) is 0 Å². The Bertz CT molecular complexity index is 657. The number of rotatable bonds is 4. The molecule has 0 atom stereocenters. The van der Waals surface area contributed by atoms with Gasteiger partial charge in [0.05, 0.1) is 23.7 Å². The Morgan fingerprint density at radius 1 is 1.18 bits per heavy atom. The van der Waals surface area contributed by atoms with E-state index >= 15 is 0 Å². The fourth-order valence-electron chi connectivity index (χ4n) is 1.91. The Hall–Kier alpha value is -2.83. The first-order valence-electron chi connectivity index (χ1n) is 6.88. The number of anilines is 2. The molecule has 0 saturated carbocycles. The first-order valence-corrected chi connectivity index (χ1v) is 6.88. The maximum absolute atomic E-state index is 12.2. The monoisotopic (exact) mass is 302 g/mol. The number of hydrogen-bond donors (Lipinski definition) is 3. The van der Waals surface area contributed by atoms with Gasteiger partial charge in [-0.1, -0.05) is 0 Å². The van der Waals surface area contributed by atoms with Gasteiger partial charge in [-0.3, -0.25) is 15.2 Å². The second kappa shape index (κ2) is 6.75. The molecule has 7 nitrogen and oxygen atoms in total. The fraction of sp³-hybridized carbons (Fsp3) is 0.267. The quantitative estimate of drug-likeness (QED) is 0.809. The van der Waals surface area contributed by atoms with Crippen molar-refractivity contribution in [2.24, 2.45) is 0 Å². The Balaban J connectivity index is 2.04. The number of carbonyl (C=O) groups is 2. The lowest BCUT2D eigenvalue weighted by molar-refractivity contribution is 0.102. The van der Waals surface area contributed by atoms with Gasteiger partial charge in [0.25, 0.3) is 5.91 Å². The third kappa shape index (κ3) is 3.63. The number of ether oxygens (including phenoxy) is 1. The lowest BCUT2D eigenvalue weighted by Crippen LogP contribution is -2.15. The number of amides is 2. The molecule has 3 N–H and O–H groups in total. The molecular weight excluding hydrogens is 284 g/mol. The van der Waals surface area contributed by atoms with E-state index in [0.29, 0.717) is 23.5 Å². The van der Waals surface area contributed by atoms with Crippen molar-refractivity contribution in [3.05, 3.63) is 41.2 Å². The lowest BCUT2D eigenvalue weighted by atomic mass is 10.2. The van der Waals surface area contributed by atoms with Crippen LogP contribution in [0.1, 0.15) is 28.7 Å². The second-order valence-electron chi connectivity index (χ2n) is 4.69. The van der Waals surface area contributed by atoms with E-state index in [2.05, 4.69) is 20.8 Å². The highest BCUT2D eigenvalue weighted by Crippen LogP contribution is 2.18. The Labute approximate surface area is 128 Å². The topological polar surface area (TPSA) is 96.1 Å². The molecule has 1 aromatic carbocycles. The zero-order chi connectivity index (χ0) is 16.1. The Morgan fingerprint density at radius 2 is 1.86 bits per heavy atom. The van der Waals surface area contributed by atoms with Crippen molar-refractivity contribution in [3.63, 3.8) is 0 Å². The van der Waals surface area contributed by atoms with E-state index in [1.165, 1.54) is 0 Å². The summed E-state index contributed by atoms with van der Waals surface area (Å²) in [5.41, 5.74) is 3.25. The summed E-state index contributed by atoms with van der Waals surface area (Å²) in [4.78, 5) is 23.5. The highest BCUT2D eigenvalue weighted by molar-refractivity contribution is 6.05. The normalized spacial score (nSPS) is 10.1. The van der Waals surface area contributed by atoms with E-state index < -0.39 is 6.09 Å². The summed E-state index contributed by atoms with van der Waals surface area (Å²) < 4.78 is 4.78. The van der Waals surface area contributed by atoms with Crippen LogP contribution < -0.4 is 10.6 Å². The summed E-state index contributed by atoms with van der Waals surface area (Å²) in [6, 6.07) is 6.53. The average molecular weight is 302 g/mol. The van der Waals surface area contributed by atoms with E-state index in [9.17, 15) is 9.59 Å². The summed E-state index contributed by atoms with van der Waals surface area (Å²) in [5, 5.41) is 12.2. The summed E-state index contributed by atoms with van der Waals surface area (Å²) in [7, 11) is 0. The van der Waals surface area contributed by atoms with Gasteiger partial charge >= 0.3 is 6.09 Å². The predicted molar refractivity (Wildman–Crippen MR) is 83.1 cm³/mol. The molecule has 1 aromatic heterocycles. The molecule has 0 unspecified atom stereocenters. The highest BCUT2D eigenvalue weighted by Gasteiger charge is 2.12. The van der Waals surface area contributed by atoms with Crippen LogP contribution in [-0.4, -0.2) is 28.8 Å². The van der Waals surface area contributed by atoms with Crippen LogP contribution in [0.2, 0.25) is 0 Å². The first-order chi connectivity index (χ1) is 10.5. The lowest BCUT2D eigenvalue weighted by Gasteiger charge is -2.07. The number of benzene rings is 1. The minimum atomic E-state index is -0.524. The zero-order valence-corrected chi connectivity index (χ0v) is 12.7. The number of aromatic amines is 1. The fourth-order valence-corrected chi connectivity index (χ4v) is 1.91. The first kappa shape index (κ1) is 15.6. The van der Waals surface area contributed by atoms with Crippen LogP contribution in [0.15, 0.2) is 24.3 Å². The van der Waals surface area contributed by atoms with Gasteiger partial charge in [0.2, 0.25) is 0 Å². The highest BCUT2D eigenvalue weighted by atomic mass is 16.5. The molecule has 0 radical (unpaired) electrons. The molecule has 0 saturated heterocycles. The Morgan fingerprint density at radius 3 is 2.41 bits per heavy atom. The molecule has 22 heavy (non-hydrogen) atoms. The van der Waals surface area contributed by atoms with Crippen LogP contribution in [0, 0.1) is 13.8 Å². The minimum absolute atomic E-state index is 0.240. The number of aromatic nitrogens is 2. The van der Waals surface area contributed by atoms with E-state index in [-0.39, 0.29) is 5.91 Å². The molecule has 0 aliphatic carbocycles. The number of nitrogens with zero attached hydrogens (tertiary/aromatic N) is 1. The molecular formula is C15H18N4O3. The van der Waals surface area contributed by atoms with Gasteiger partial charge < -0.3 is 10.1 Å². The van der Waals surface area contributed by atoms with Crippen molar-refractivity contribution in [1.82, 2.24) is 10.2 Å². The molecule has 0 spiro atoms. The zero-order valence-electron chi connectivity index (χ0n) is 12.7. The largest absolute Gasteiger partial charge is 0.450 e. The molecule has 0 bridgehead atoms. The number of nitrogens with one attached hydrogen (secondary N) is 3. The third-order valence-corrected chi connectivity index (χ3v) is 3.04. The predicted octanol–water partition coefficient (Wildman–Crippen LogP) is 2.85. The summed E-state index contributed by atoms with van der Waals surface area (Å²) >= 11 is 0. The van der Waals surface area contributed by atoms with Crippen LogP contribution in [0.3, 0.4) is 0 Å². The van der Waals surface area contributed by atoms with E-state index in [1.54, 1.807) is 31.2 Å². The summed E-state index contributed by atoms with van der Waals surface area (Å²) in [6.45, 7) is 5.68. The molecule has 1 heterocycles. The van der Waals surface area contributed by atoms with E-state index in [0.717, 1.165) is 11.4 Å². The van der Waals surface area contributed by atoms with Gasteiger partial charge in [-0.25, -0.2) is 4.79 Å². The molecule has 2 rings (SSSR count). The van der Waals surface area contributed by atoms with Gasteiger partial charge in [0, 0.05) is 11.3 Å². The van der Waals surface area contributed by atoms with Gasteiger partial charge in [0.15, 0.2) is 0 Å². The smallest absolute Gasteiger partial charge is 0.411 e. The molecule has 0 fully saturated rings. The van der Waals surface area contributed by atoms with Crippen LogP contribution in [0.25, 0.3) is 0 Å². The van der Waals surface area contributed by atoms with E-state index in [4.69, 9.17) is 4.74 Å². The third-order valence-electron chi connectivity index (χ3n) is 3.04. The average Bonchev–Trinajstić information content (AvgIpc) is 2.80. The number of hydrogen-bond acceptors (Lipinski definition) is 4. The number of aryl methyl sites for hydroxylation is 2. The molecule has 7 heteroatoms. The molecule has 0 aliphatic rings. The number of carbonyl (C=O) groups excluding carboxylic acids is 2. The maximum atomic E-state index is 12.2. The molecule has 0 aliphatic heterocycles. The second-order valence-corrected chi connectivity index (χ2v) is 4.69. The standard InChI is InChI=1S/C15H18N4O3/c1-4-22-15(21)16-12-7-5-11(6-8-12)14(20)17-13-9(2)18-19-10(13)3/h5-8H,4H2,1-3H3,(H,16,21)(H,17,20)(H,18,19). The van der Waals surface area contributed by atoms with Crippen molar-refractivity contribution in [2.45, 2.75) is 20.8 Å². The molecule has 2 aromatic rings.